The molecule has 0 heterocycles. The molecule has 4 heteroatoms. The number of benzene rings is 4. The number of rotatable bonds is 5. The molecular formula is C52H68Cl2SiZr. The molecule has 1 atom stereocenters. The Morgan fingerprint density at radius 1 is 0.571 bits per heavy atom. The van der Waals surface area contributed by atoms with Gasteiger partial charge in [0.15, 0.2) is 0 Å². The van der Waals surface area contributed by atoms with E-state index in [4.69, 9.17) is 0 Å². The number of halogens is 2. The largest absolute Gasteiger partial charge is 1.00 e. The van der Waals surface area contributed by atoms with Crippen molar-refractivity contribution in [2.75, 3.05) is 0 Å². The topological polar surface area (TPSA) is 0 Å². The van der Waals surface area contributed by atoms with Crippen LogP contribution in [-0.2, 0) is 49.3 Å². The summed E-state index contributed by atoms with van der Waals surface area (Å²) < 4.78 is 5.10. The maximum Gasteiger partial charge on any atom is -1.00 e. The van der Waals surface area contributed by atoms with Crippen molar-refractivity contribution < 1.29 is 46.1 Å². The van der Waals surface area contributed by atoms with Crippen LogP contribution < -0.4 is 28.1 Å². The van der Waals surface area contributed by atoms with Crippen LogP contribution in [0.5, 0.6) is 0 Å². The van der Waals surface area contributed by atoms with Crippen LogP contribution >= 0.6 is 0 Å². The van der Waals surface area contributed by atoms with Crippen LogP contribution in [0.15, 0.2) is 99.0 Å². The number of allylic oxidation sites excluding steroid dienone is 4. The summed E-state index contributed by atoms with van der Waals surface area (Å²) in [5, 5.41) is 1.68. The summed E-state index contributed by atoms with van der Waals surface area (Å²) in [4.78, 5) is 0. The van der Waals surface area contributed by atoms with Crippen molar-refractivity contribution >= 4 is 14.6 Å². The second-order valence-corrected chi connectivity index (χ2v) is 32.4. The van der Waals surface area contributed by atoms with E-state index in [0.717, 1.165) is 6.42 Å². The summed E-state index contributed by atoms with van der Waals surface area (Å²) in [7, 11) is -1.58. The van der Waals surface area contributed by atoms with E-state index in [2.05, 4.69) is 202 Å². The van der Waals surface area contributed by atoms with Crippen molar-refractivity contribution in [3.63, 3.8) is 0 Å². The molecular weight excluding hydrogens is 815 g/mol. The Hall–Kier alpha value is -2.09. The van der Waals surface area contributed by atoms with Gasteiger partial charge in [-0.15, -0.1) is 0 Å². The van der Waals surface area contributed by atoms with E-state index in [1.807, 2.05) is 0 Å². The number of hydrogen-bond acceptors (Lipinski definition) is 0. The van der Waals surface area contributed by atoms with Gasteiger partial charge in [0.2, 0.25) is 0 Å². The molecule has 4 aromatic carbocycles. The molecule has 0 nitrogen and oxygen atoms in total. The molecule has 2 aliphatic rings. The standard InChI is InChI=1S/C21H25.C21H26.C10H17Si.2ClH.Zr/c1-20(2,3)16-9-7-14-11-15-8-10-17(21(4,5)6)13-19(15)18(14)12-16;1-20(2,3)18-11-7-16(8-12-18)15-17-9-13-19(14-10-17)21(4,5)6;1-8-6-9(2)10(7-8)11(3,4)5;;;/h7,9-10,12-13H,11H2,1-6H3;7-14H,1-6H3;7-8H,1-5H3;2*1H;/q;;;;;+2/p-2. The fourth-order valence-corrected chi connectivity index (χ4v) is 19.9. The van der Waals surface area contributed by atoms with Crippen LogP contribution in [0, 0.1) is 5.92 Å². The van der Waals surface area contributed by atoms with Crippen molar-refractivity contribution in [2.24, 2.45) is 5.92 Å². The zero-order valence-electron chi connectivity index (χ0n) is 37.6. The fourth-order valence-electron chi connectivity index (χ4n) is 8.71. The Kier molecular flexibility index (Phi) is 13.5. The van der Waals surface area contributed by atoms with Crippen LogP contribution in [0.2, 0.25) is 19.6 Å². The molecule has 56 heavy (non-hydrogen) atoms. The zero-order valence-corrected chi connectivity index (χ0v) is 42.6. The molecule has 298 valence electrons. The fraction of sp³-hybridized carbons (Fsp3) is 0.442. The third kappa shape index (κ3) is 9.20. The minimum Gasteiger partial charge on any atom is -1.00 e. The van der Waals surface area contributed by atoms with Gasteiger partial charge in [0.1, 0.15) is 0 Å². The third-order valence-electron chi connectivity index (χ3n) is 12.1. The molecule has 0 fully saturated rings. The summed E-state index contributed by atoms with van der Waals surface area (Å²) in [5.41, 5.74) is 16.5. The van der Waals surface area contributed by atoms with Gasteiger partial charge >= 0.3 is 341 Å². The minimum atomic E-state index is -3.03. The molecule has 0 saturated carbocycles. The Morgan fingerprint density at radius 2 is 1.00 bits per heavy atom. The first kappa shape index (κ1) is 46.6. The van der Waals surface area contributed by atoms with Crippen LogP contribution in [0.1, 0.15) is 141 Å². The molecule has 2 aliphatic carbocycles. The molecule has 0 bridgehead atoms. The normalized spacial score (nSPS) is 15.6. The van der Waals surface area contributed by atoms with Crippen molar-refractivity contribution in [1.82, 2.24) is 0 Å². The average Bonchev–Trinajstić information content (AvgIpc) is 3.57. The van der Waals surface area contributed by atoms with E-state index in [9.17, 15) is 0 Å². The van der Waals surface area contributed by atoms with Gasteiger partial charge in [0, 0.05) is 0 Å². The Balaban J connectivity index is 0.00000348. The van der Waals surface area contributed by atoms with Gasteiger partial charge in [0.05, 0.1) is 0 Å². The van der Waals surface area contributed by atoms with Crippen LogP contribution in [0.3, 0.4) is 0 Å². The molecule has 0 radical (unpaired) electrons. The Morgan fingerprint density at radius 3 is 1.41 bits per heavy atom. The molecule has 6 rings (SSSR count). The van der Waals surface area contributed by atoms with E-state index in [1.54, 1.807) is 26.1 Å². The smallest absolute Gasteiger partial charge is 1.00 e. The van der Waals surface area contributed by atoms with E-state index >= 15 is 0 Å². The molecule has 0 spiro atoms. The Labute approximate surface area is 363 Å². The van der Waals surface area contributed by atoms with Crippen molar-refractivity contribution in [3.05, 3.63) is 143 Å². The molecule has 0 amide bonds. The van der Waals surface area contributed by atoms with Gasteiger partial charge < -0.3 is 24.8 Å². The van der Waals surface area contributed by atoms with Gasteiger partial charge in [0.25, 0.3) is 0 Å². The summed E-state index contributed by atoms with van der Waals surface area (Å²) in [6.07, 6.45) is 3.71. The predicted molar refractivity (Wildman–Crippen MR) is 239 cm³/mol. The van der Waals surface area contributed by atoms with Gasteiger partial charge in [-0.2, -0.15) is 0 Å². The molecule has 1 unspecified atom stereocenters. The first-order chi connectivity index (χ1) is 24.8. The van der Waals surface area contributed by atoms with Crippen LogP contribution in [0.25, 0.3) is 11.1 Å². The monoisotopic (exact) mass is 880 g/mol. The van der Waals surface area contributed by atoms with Gasteiger partial charge in [-0.25, -0.2) is 0 Å². The maximum atomic E-state index is 2.72. The Bertz CT molecular complexity index is 2140. The second-order valence-electron chi connectivity index (χ2n) is 21.7. The van der Waals surface area contributed by atoms with E-state index in [-0.39, 0.29) is 46.5 Å². The van der Waals surface area contributed by atoms with Crippen molar-refractivity contribution in [1.29, 1.82) is 0 Å². The number of hydrogen-bond donors (Lipinski definition) is 0. The van der Waals surface area contributed by atoms with E-state index in [1.165, 1.54) is 50.1 Å². The van der Waals surface area contributed by atoms with E-state index < -0.39 is 29.3 Å². The molecule has 4 aromatic rings. The first-order valence-electron chi connectivity index (χ1n) is 20.5. The quantitative estimate of drug-likeness (QED) is 0.159. The summed E-state index contributed by atoms with van der Waals surface area (Å²) in [5.74, 6) is 0.434. The molecule has 0 aromatic heterocycles. The summed E-state index contributed by atoms with van der Waals surface area (Å²) in [6.45, 7) is 41.0. The zero-order chi connectivity index (χ0) is 39.9. The van der Waals surface area contributed by atoms with E-state index in [0.29, 0.717) is 5.92 Å². The van der Waals surface area contributed by atoms with Crippen LogP contribution in [0.4, 0.5) is 0 Å². The number of fused-ring (bicyclic) bond motifs is 3. The van der Waals surface area contributed by atoms with Crippen LogP contribution in [-0.4, -0.2) is 11.3 Å². The SMILES string of the molecule is CC1=[C]([Zr+2](=[C](c2ccc(C(C)(C)C)cc2)c2ccc(C(C)(C)C)cc2)[c]2cc(C(C)(C)C)cc3c2Cc2ccc(C(C)(C)C)cc2-3)C(C)C=C1[Si](C)(C)C.[Cl-].[Cl-]. The third-order valence-corrected chi connectivity index (χ3v) is 22.7. The maximum absolute atomic E-state index is 3.03. The van der Waals surface area contributed by atoms with Gasteiger partial charge in [-0.1, -0.05) is 0 Å². The summed E-state index contributed by atoms with van der Waals surface area (Å²) >= 11 is -3.03. The molecule has 0 saturated heterocycles. The molecule has 0 N–H and O–H groups in total. The van der Waals surface area contributed by atoms with Gasteiger partial charge in [-0.3, -0.25) is 0 Å². The summed E-state index contributed by atoms with van der Waals surface area (Å²) in [6, 6.07) is 32.3. The second kappa shape index (κ2) is 16.2. The predicted octanol–water partition coefficient (Wildman–Crippen LogP) is 7.70. The van der Waals surface area contributed by atoms with Crippen molar-refractivity contribution in [3.8, 4) is 11.1 Å². The van der Waals surface area contributed by atoms with Crippen molar-refractivity contribution in [2.45, 2.75) is 145 Å². The average molecular weight is 883 g/mol. The molecule has 0 aliphatic heterocycles. The van der Waals surface area contributed by atoms with Gasteiger partial charge in [-0.05, 0) is 0 Å². The first-order valence-corrected chi connectivity index (χ1v) is 27.7. The minimum absolute atomic E-state index is 0.